The molecule has 1 aliphatic rings. The number of halogens is 2. The highest BCUT2D eigenvalue weighted by atomic mass is 79.9. The van der Waals surface area contributed by atoms with E-state index >= 15 is 0 Å². The van der Waals surface area contributed by atoms with Crippen molar-refractivity contribution >= 4 is 27.5 Å². The van der Waals surface area contributed by atoms with Crippen LogP contribution in [0.5, 0.6) is 0 Å². The van der Waals surface area contributed by atoms with E-state index in [4.69, 9.17) is 0 Å². The largest absolute Gasteiger partial charge is 0.305 e. The van der Waals surface area contributed by atoms with Gasteiger partial charge in [-0.1, -0.05) is 24.3 Å². The van der Waals surface area contributed by atoms with Gasteiger partial charge in [0.25, 0.3) is 5.91 Å². The van der Waals surface area contributed by atoms with Crippen LogP contribution in [-0.4, -0.2) is 11.9 Å². The minimum absolute atomic E-state index is 0.0545. The molecule has 0 radical (unpaired) electrons. The maximum absolute atomic E-state index is 14.1. The Balaban J connectivity index is 2.09. The maximum atomic E-state index is 14.1. The number of amides is 1. The Bertz CT molecular complexity index is 681. The van der Waals surface area contributed by atoms with Crippen LogP contribution in [0.1, 0.15) is 29.3 Å². The van der Waals surface area contributed by atoms with E-state index in [1.165, 1.54) is 6.07 Å². The van der Waals surface area contributed by atoms with E-state index in [1.54, 1.807) is 17.0 Å². The molecule has 3 rings (SSSR count). The predicted octanol–water partition coefficient (Wildman–Crippen LogP) is 4.57. The first-order chi connectivity index (χ1) is 10.1. The van der Waals surface area contributed by atoms with Gasteiger partial charge in [-0.25, -0.2) is 4.39 Å². The van der Waals surface area contributed by atoms with Gasteiger partial charge in [0.1, 0.15) is 5.82 Å². The van der Waals surface area contributed by atoms with E-state index < -0.39 is 5.82 Å². The Morgan fingerprint density at radius 3 is 2.76 bits per heavy atom. The van der Waals surface area contributed by atoms with Crippen LogP contribution in [0, 0.1) is 5.82 Å². The van der Waals surface area contributed by atoms with Gasteiger partial charge in [0.2, 0.25) is 0 Å². The van der Waals surface area contributed by atoms with Gasteiger partial charge in [-0.3, -0.25) is 4.79 Å². The normalized spacial score (nSPS) is 17.5. The number of para-hydroxylation sites is 1. The molecule has 2 aromatic carbocycles. The molecule has 0 N–H and O–H groups in total. The zero-order valence-corrected chi connectivity index (χ0v) is 13.2. The monoisotopic (exact) mass is 347 g/mol. The van der Waals surface area contributed by atoms with E-state index in [0.717, 1.165) is 24.1 Å². The van der Waals surface area contributed by atoms with Gasteiger partial charge in [-0.2, -0.15) is 0 Å². The van der Waals surface area contributed by atoms with E-state index in [1.807, 2.05) is 31.2 Å². The summed E-state index contributed by atoms with van der Waals surface area (Å²) in [5.41, 5.74) is 2.12. The third-order valence-corrected chi connectivity index (χ3v) is 4.58. The second-order valence-electron chi connectivity index (χ2n) is 5.29. The molecule has 0 saturated carbocycles. The second kappa shape index (κ2) is 5.60. The lowest BCUT2D eigenvalue weighted by molar-refractivity contribution is 0.0970. The maximum Gasteiger partial charge on any atom is 0.262 e. The highest BCUT2D eigenvalue weighted by Crippen LogP contribution is 2.33. The highest BCUT2D eigenvalue weighted by molar-refractivity contribution is 9.10. The van der Waals surface area contributed by atoms with E-state index in [0.29, 0.717) is 4.47 Å². The summed E-state index contributed by atoms with van der Waals surface area (Å²) in [6.45, 7) is 2.00. The molecule has 1 unspecified atom stereocenters. The smallest absolute Gasteiger partial charge is 0.262 e. The van der Waals surface area contributed by atoms with Gasteiger partial charge < -0.3 is 4.90 Å². The number of carbonyl (C=O) groups is 1. The molecule has 0 spiro atoms. The number of aryl methyl sites for hydroxylation is 1. The van der Waals surface area contributed by atoms with Crippen molar-refractivity contribution in [3.63, 3.8) is 0 Å². The fraction of sp³-hybridized carbons (Fsp3) is 0.235. The van der Waals surface area contributed by atoms with Crippen LogP contribution in [0.4, 0.5) is 10.1 Å². The molecule has 4 heteroatoms. The summed E-state index contributed by atoms with van der Waals surface area (Å²) < 4.78 is 14.6. The SMILES string of the molecule is CC1CCc2ccccc2N1C(=O)c1c(F)cccc1Br. The molecule has 2 nitrogen and oxygen atoms in total. The van der Waals surface area contributed by atoms with Crippen molar-refractivity contribution in [2.45, 2.75) is 25.8 Å². The Hall–Kier alpha value is -1.68. The summed E-state index contributed by atoms with van der Waals surface area (Å²) in [6.07, 6.45) is 1.83. The number of hydrogen-bond donors (Lipinski definition) is 0. The third-order valence-electron chi connectivity index (χ3n) is 3.92. The summed E-state index contributed by atoms with van der Waals surface area (Å²) in [5, 5.41) is 0. The van der Waals surface area contributed by atoms with E-state index in [-0.39, 0.29) is 17.5 Å². The van der Waals surface area contributed by atoms with E-state index in [9.17, 15) is 9.18 Å². The average molecular weight is 348 g/mol. The number of nitrogens with zero attached hydrogens (tertiary/aromatic N) is 1. The molecule has 21 heavy (non-hydrogen) atoms. The highest BCUT2D eigenvalue weighted by Gasteiger charge is 2.31. The topological polar surface area (TPSA) is 20.3 Å². The van der Waals surface area contributed by atoms with Crippen LogP contribution in [-0.2, 0) is 6.42 Å². The Kier molecular flexibility index (Phi) is 3.81. The van der Waals surface area contributed by atoms with Crippen molar-refractivity contribution in [1.82, 2.24) is 0 Å². The summed E-state index contributed by atoms with van der Waals surface area (Å²) in [7, 11) is 0. The Morgan fingerprint density at radius 1 is 1.24 bits per heavy atom. The molecule has 1 atom stereocenters. The second-order valence-corrected chi connectivity index (χ2v) is 6.14. The van der Waals surface area contributed by atoms with Gasteiger partial charge in [0.05, 0.1) is 5.56 Å². The lowest BCUT2D eigenvalue weighted by Crippen LogP contribution is -2.42. The number of carbonyl (C=O) groups excluding carboxylic acids is 1. The first-order valence-corrected chi connectivity index (χ1v) is 7.74. The van der Waals surface area contributed by atoms with Gasteiger partial charge in [-0.15, -0.1) is 0 Å². The number of anilines is 1. The molecule has 0 aliphatic carbocycles. The van der Waals surface area contributed by atoms with Crippen molar-refractivity contribution in [2.24, 2.45) is 0 Å². The summed E-state index contributed by atoms with van der Waals surface area (Å²) in [5.74, 6) is -0.788. The van der Waals surface area contributed by atoms with Gasteiger partial charge in [-0.05, 0) is 59.5 Å². The zero-order chi connectivity index (χ0) is 15.0. The molecule has 2 aromatic rings. The molecule has 108 valence electrons. The van der Waals surface area contributed by atoms with Crippen molar-refractivity contribution in [1.29, 1.82) is 0 Å². The Morgan fingerprint density at radius 2 is 2.00 bits per heavy atom. The quantitative estimate of drug-likeness (QED) is 0.739. The lowest BCUT2D eigenvalue weighted by atomic mass is 9.95. The minimum Gasteiger partial charge on any atom is -0.305 e. The average Bonchev–Trinajstić information content (AvgIpc) is 2.46. The standard InChI is InChI=1S/C17H15BrFNO/c1-11-9-10-12-5-2-3-8-15(12)20(11)17(21)16-13(18)6-4-7-14(16)19/h2-8,11H,9-10H2,1H3. The van der Waals surface area contributed by atoms with Crippen LogP contribution in [0.25, 0.3) is 0 Å². The summed E-state index contributed by atoms with van der Waals surface area (Å²) in [4.78, 5) is 14.6. The van der Waals surface area contributed by atoms with Crippen molar-refractivity contribution in [2.75, 3.05) is 4.90 Å². The molecule has 1 aliphatic heterocycles. The van der Waals surface area contributed by atoms with Crippen molar-refractivity contribution in [3.8, 4) is 0 Å². The molecule has 0 bridgehead atoms. The number of hydrogen-bond acceptors (Lipinski definition) is 1. The summed E-state index contributed by atoms with van der Waals surface area (Å²) in [6, 6.07) is 12.5. The van der Waals surface area contributed by atoms with Crippen LogP contribution in [0.2, 0.25) is 0 Å². The predicted molar refractivity (Wildman–Crippen MR) is 85.1 cm³/mol. The number of fused-ring (bicyclic) bond motifs is 1. The number of benzene rings is 2. The van der Waals surface area contributed by atoms with Crippen LogP contribution in [0.3, 0.4) is 0 Å². The van der Waals surface area contributed by atoms with Crippen molar-refractivity contribution < 1.29 is 9.18 Å². The minimum atomic E-state index is -0.496. The van der Waals surface area contributed by atoms with Gasteiger partial charge >= 0.3 is 0 Å². The Labute approximate surface area is 131 Å². The molecular weight excluding hydrogens is 333 g/mol. The number of rotatable bonds is 1. The molecular formula is C17H15BrFNO. The molecule has 0 saturated heterocycles. The van der Waals surface area contributed by atoms with E-state index in [2.05, 4.69) is 15.9 Å². The molecule has 1 amide bonds. The summed E-state index contributed by atoms with van der Waals surface area (Å²) >= 11 is 3.29. The van der Waals surface area contributed by atoms with Crippen LogP contribution in [0.15, 0.2) is 46.9 Å². The zero-order valence-electron chi connectivity index (χ0n) is 11.6. The fourth-order valence-electron chi connectivity index (χ4n) is 2.82. The molecule has 1 heterocycles. The molecule has 0 aromatic heterocycles. The first kappa shape index (κ1) is 14.3. The van der Waals surface area contributed by atoms with Gasteiger partial charge in [0, 0.05) is 16.2 Å². The van der Waals surface area contributed by atoms with Crippen LogP contribution < -0.4 is 4.90 Å². The fourth-order valence-corrected chi connectivity index (χ4v) is 3.33. The third kappa shape index (κ3) is 2.48. The lowest BCUT2D eigenvalue weighted by Gasteiger charge is -2.35. The first-order valence-electron chi connectivity index (χ1n) is 6.95. The van der Waals surface area contributed by atoms with Crippen LogP contribution >= 0.6 is 15.9 Å². The van der Waals surface area contributed by atoms with Crippen molar-refractivity contribution in [3.05, 3.63) is 63.9 Å². The van der Waals surface area contributed by atoms with Gasteiger partial charge in [0.15, 0.2) is 0 Å². The molecule has 0 fully saturated rings.